The number of nitrogens with zero attached hydrogens (tertiary/aromatic N) is 2. The van der Waals surface area contributed by atoms with Crippen LogP contribution in [0.1, 0.15) is 34.6 Å². The first kappa shape index (κ1) is 13.4. The Bertz CT molecular complexity index is 221. The van der Waals surface area contributed by atoms with Crippen molar-refractivity contribution in [3.63, 3.8) is 0 Å². The zero-order valence-corrected chi connectivity index (χ0v) is 11.3. The summed E-state index contributed by atoms with van der Waals surface area (Å²) in [7, 11) is -2.03. The van der Waals surface area contributed by atoms with Crippen LogP contribution in [0.5, 0.6) is 0 Å². The molecule has 0 atom stereocenters. The minimum absolute atomic E-state index is 0.00431. The van der Waals surface area contributed by atoms with Gasteiger partial charge in [0, 0.05) is 0 Å². The van der Waals surface area contributed by atoms with Gasteiger partial charge in [0.25, 0.3) is 0 Å². The number of hydrazine groups is 1. The van der Waals surface area contributed by atoms with Crippen molar-refractivity contribution in [1.82, 2.24) is 4.67 Å². The average Bonchev–Trinajstić information content (AvgIpc) is 1.79. The fourth-order valence-electron chi connectivity index (χ4n) is 1.38. The van der Waals surface area contributed by atoms with E-state index in [1.807, 2.05) is 13.8 Å². The molecule has 0 bridgehead atoms. The molecule has 0 saturated carbocycles. The van der Waals surface area contributed by atoms with Crippen LogP contribution >= 0.6 is 0 Å². The van der Waals surface area contributed by atoms with Crippen LogP contribution in [0.25, 0.3) is 0 Å². The Kier molecular flexibility index (Phi) is 3.72. The lowest BCUT2D eigenvalue weighted by atomic mass is 10.2. The molecule has 0 unspecified atom stereocenters. The Morgan fingerprint density at radius 3 is 1.71 bits per heavy atom. The normalized spacial score (nSPS) is 13.1. The van der Waals surface area contributed by atoms with Gasteiger partial charge in [0.05, 0.1) is 6.04 Å². The van der Waals surface area contributed by atoms with Crippen molar-refractivity contribution in [2.24, 2.45) is 0 Å². The van der Waals surface area contributed by atoms with E-state index in [1.54, 1.807) is 0 Å². The van der Waals surface area contributed by atoms with Crippen molar-refractivity contribution in [1.29, 1.82) is 0 Å². The largest absolute Gasteiger partial charge is 0.236 e. The van der Waals surface area contributed by atoms with Crippen molar-refractivity contribution in [3.8, 4) is 0 Å². The molecule has 0 fully saturated rings. The highest BCUT2D eigenvalue weighted by Gasteiger charge is 2.48. The van der Waals surface area contributed by atoms with E-state index in [9.17, 15) is 10.1 Å². The lowest BCUT2D eigenvalue weighted by molar-refractivity contribution is -0.634. The van der Waals surface area contributed by atoms with Crippen molar-refractivity contribution in [2.75, 3.05) is 0 Å². The first-order valence-electron chi connectivity index (χ1n) is 4.95. The van der Waals surface area contributed by atoms with Crippen LogP contribution in [0.4, 0.5) is 0 Å². The topological polar surface area (TPSA) is 46.4 Å². The van der Waals surface area contributed by atoms with Gasteiger partial charge >= 0.3 is 0 Å². The maximum absolute atomic E-state index is 11.0. The quantitative estimate of drug-likeness (QED) is 0.416. The molecule has 0 saturated heterocycles. The summed E-state index contributed by atoms with van der Waals surface area (Å²) >= 11 is 0. The lowest BCUT2D eigenvalue weighted by Crippen LogP contribution is -2.60. The van der Waals surface area contributed by atoms with Crippen molar-refractivity contribution in [3.05, 3.63) is 10.1 Å². The van der Waals surface area contributed by atoms with Crippen LogP contribution in [-0.4, -0.2) is 24.0 Å². The summed E-state index contributed by atoms with van der Waals surface area (Å²) in [4.78, 5) is 11.0. The third kappa shape index (κ3) is 2.47. The highest BCUT2D eigenvalue weighted by Crippen LogP contribution is 2.38. The highest BCUT2D eigenvalue weighted by molar-refractivity contribution is 6.77. The molecule has 4 nitrogen and oxygen atoms in total. The van der Waals surface area contributed by atoms with Crippen LogP contribution in [0.15, 0.2) is 0 Å². The Labute approximate surface area is 87.5 Å². The van der Waals surface area contributed by atoms with Gasteiger partial charge in [-0.25, -0.2) is 10.1 Å². The van der Waals surface area contributed by atoms with E-state index >= 15 is 0 Å². The van der Waals surface area contributed by atoms with E-state index in [1.165, 1.54) is 4.67 Å². The minimum atomic E-state index is -2.03. The molecule has 0 aliphatic carbocycles. The second kappa shape index (κ2) is 3.88. The predicted octanol–water partition coefficient (Wildman–Crippen LogP) is 2.89. The third-order valence-electron chi connectivity index (χ3n) is 3.07. The highest BCUT2D eigenvalue weighted by atomic mass is 28.3. The number of nitro groups is 1. The second-order valence-corrected chi connectivity index (χ2v) is 10.6. The first-order valence-corrected chi connectivity index (χ1v) is 7.90. The zero-order valence-electron chi connectivity index (χ0n) is 10.3. The predicted molar refractivity (Wildman–Crippen MR) is 61.2 cm³/mol. The van der Waals surface area contributed by atoms with Gasteiger partial charge in [-0.05, 0) is 32.0 Å². The molecule has 5 heteroatoms. The fraction of sp³-hybridized carbons (Fsp3) is 1.00. The van der Waals surface area contributed by atoms with Crippen molar-refractivity contribution < 1.29 is 5.03 Å². The molecule has 0 radical (unpaired) electrons. The van der Waals surface area contributed by atoms with Gasteiger partial charge in [-0.2, -0.15) is 4.67 Å². The summed E-state index contributed by atoms with van der Waals surface area (Å²) in [5.41, 5.74) is 0. The summed E-state index contributed by atoms with van der Waals surface area (Å²) in [5.74, 6) is 0. The molecule has 0 N–H and O–H groups in total. The summed E-state index contributed by atoms with van der Waals surface area (Å²) in [6, 6.07) is -0.0362. The van der Waals surface area contributed by atoms with Crippen LogP contribution in [0, 0.1) is 10.1 Å². The smallest absolute Gasteiger partial charge is 0.235 e. The average molecular weight is 218 g/mol. The Morgan fingerprint density at radius 1 is 1.29 bits per heavy atom. The van der Waals surface area contributed by atoms with E-state index < -0.39 is 8.24 Å². The Morgan fingerprint density at radius 2 is 1.64 bits per heavy atom. The number of hydrogen-bond donors (Lipinski definition) is 0. The molecule has 0 aliphatic rings. The van der Waals surface area contributed by atoms with Gasteiger partial charge in [-0.15, -0.1) is 0 Å². The monoisotopic (exact) mass is 218 g/mol. The maximum Gasteiger partial charge on any atom is 0.236 e. The van der Waals surface area contributed by atoms with Gasteiger partial charge in [0.1, 0.15) is 0 Å². The van der Waals surface area contributed by atoms with Crippen LogP contribution in [-0.2, 0) is 0 Å². The van der Waals surface area contributed by atoms with E-state index in [0.29, 0.717) is 0 Å². The first-order chi connectivity index (χ1) is 6.01. The van der Waals surface area contributed by atoms with Crippen molar-refractivity contribution in [2.45, 2.75) is 58.8 Å². The number of rotatable bonds is 3. The SMILES string of the molecule is CC(C)N([N+](=O)[O-])[Si](C)(C)C(C)(C)C. The van der Waals surface area contributed by atoms with Gasteiger partial charge in [-0.1, -0.05) is 20.8 Å². The molecule has 0 amide bonds. The fourth-order valence-corrected chi connectivity index (χ4v) is 3.77. The molecule has 84 valence electrons. The van der Waals surface area contributed by atoms with Crippen LogP contribution < -0.4 is 0 Å². The summed E-state index contributed by atoms with van der Waals surface area (Å²) in [6.45, 7) is 14.1. The summed E-state index contributed by atoms with van der Waals surface area (Å²) in [5, 5.41) is 10.8. The molecule has 0 aliphatic heterocycles. The van der Waals surface area contributed by atoms with E-state index in [2.05, 4.69) is 33.9 Å². The van der Waals surface area contributed by atoms with Crippen molar-refractivity contribution >= 4 is 8.24 Å². The molecule has 0 aromatic heterocycles. The molecular weight excluding hydrogens is 196 g/mol. The molecule has 0 aromatic carbocycles. The Hall–Kier alpha value is -0.583. The molecule has 0 aromatic rings. The van der Waals surface area contributed by atoms with Gasteiger partial charge in [-0.3, -0.25) is 0 Å². The number of hydrogen-bond acceptors (Lipinski definition) is 2. The van der Waals surface area contributed by atoms with E-state index in [0.717, 1.165) is 0 Å². The van der Waals surface area contributed by atoms with Gasteiger partial charge < -0.3 is 0 Å². The lowest BCUT2D eigenvalue weighted by Gasteiger charge is -2.41. The second-order valence-electron chi connectivity index (χ2n) is 5.49. The summed E-state index contributed by atoms with van der Waals surface area (Å²) < 4.78 is 1.47. The molecule has 0 rings (SSSR count). The van der Waals surface area contributed by atoms with E-state index in [4.69, 9.17) is 0 Å². The van der Waals surface area contributed by atoms with Crippen LogP contribution in [0.2, 0.25) is 18.1 Å². The van der Waals surface area contributed by atoms with Gasteiger partial charge in [0.2, 0.25) is 8.24 Å². The maximum atomic E-state index is 11.0. The zero-order chi connectivity index (χ0) is 11.7. The third-order valence-corrected chi connectivity index (χ3v) is 8.57. The Balaban J connectivity index is 5.11. The molecule has 0 spiro atoms. The van der Waals surface area contributed by atoms with E-state index in [-0.39, 0.29) is 16.1 Å². The standard InChI is InChI=1S/C9H22N2O2Si/c1-8(2)10(11(12)13)14(6,7)9(3,4)5/h8H,1-7H3. The minimum Gasteiger partial charge on any atom is -0.235 e. The molecular formula is C9H22N2O2Si. The van der Waals surface area contributed by atoms with Crippen LogP contribution in [0.3, 0.4) is 0 Å². The van der Waals surface area contributed by atoms with Gasteiger partial charge in [0.15, 0.2) is 5.03 Å². The molecule has 14 heavy (non-hydrogen) atoms. The summed E-state index contributed by atoms with van der Waals surface area (Å²) in [6.07, 6.45) is 0. The molecule has 0 heterocycles.